The number of benzene rings is 1. The van der Waals surface area contributed by atoms with E-state index in [0.29, 0.717) is 23.6 Å². The summed E-state index contributed by atoms with van der Waals surface area (Å²) in [4.78, 5) is 36.9. The van der Waals surface area contributed by atoms with E-state index in [0.717, 1.165) is 50.2 Å². The van der Waals surface area contributed by atoms with Crippen molar-refractivity contribution >= 4 is 29.4 Å². The summed E-state index contributed by atoms with van der Waals surface area (Å²) in [5, 5.41) is 16.3. The molecule has 0 radical (unpaired) electrons. The maximum absolute atomic E-state index is 10.9. The van der Waals surface area contributed by atoms with Crippen molar-refractivity contribution in [1.82, 2.24) is 9.88 Å². The lowest BCUT2D eigenvalue weighted by molar-refractivity contribution is -0.134. The minimum absolute atomic E-state index is 0.181. The molecule has 2 aromatic rings. The molecular weight excluding hydrogens is 474 g/mol. The Kier molecular flexibility index (Phi) is 11.9. The molecule has 2 heterocycles. The van der Waals surface area contributed by atoms with Crippen LogP contribution in [0, 0.1) is 0 Å². The Bertz CT molecular complexity index is 960. The maximum atomic E-state index is 10.9. The zero-order valence-corrected chi connectivity index (χ0v) is 20.0. The Morgan fingerprint density at radius 2 is 1.71 bits per heavy atom. The number of aliphatic carboxylic acids is 2. The molecule has 4 N–H and O–H groups in total. The molecule has 3 rings (SSSR count). The predicted octanol–water partition coefficient (Wildman–Crippen LogP) is 3.28. The van der Waals surface area contributed by atoms with Gasteiger partial charge in [-0.15, -0.1) is 0 Å². The van der Waals surface area contributed by atoms with E-state index in [-0.39, 0.29) is 18.1 Å². The van der Waals surface area contributed by atoms with Gasteiger partial charge < -0.3 is 25.6 Å². The number of aromatic nitrogens is 1. The van der Waals surface area contributed by atoms with Crippen LogP contribution in [-0.2, 0) is 19.1 Å². The van der Waals surface area contributed by atoms with Gasteiger partial charge in [0.25, 0.3) is 0 Å². The number of piperidine rings is 1. The Morgan fingerprint density at radius 1 is 1.09 bits per heavy atom. The standard InChI is InChI=1S/C21H26ClN3O2.C4H4O4/c22-17-8-6-16(7-9-17)21(19-4-1-2-12-24-19)27-18-10-14-25(15-11-18)13-3-5-20(23)26;5-3(6)1-2-4(7)8/h1-2,4,6-9,12,18,21H,3,5,10-11,13-15H2,(H2,23,26);1-2H,(H,5,6)(H,7,8)/b;2-1-. The van der Waals surface area contributed by atoms with E-state index in [1.165, 1.54) is 0 Å². The minimum Gasteiger partial charge on any atom is -0.478 e. The lowest BCUT2D eigenvalue weighted by atomic mass is 10.0. The molecule has 1 unspecified atom stereocenters. The summed E-state index contributed by atoms with van der Waals surface area (Å²) in [7, 11) is 0. The molecule has 35 heavy (non-hydrogen) atoms. The van der Waals surface area contributed by atoms with Crippen molar-refractivity contribution in [3.63, 3.8) is 0 Å². The second-order valence-electron chi connectivity index (χ2n) is 7.94. The van der Waals surface area contributed by atoms with Gasteiger partial charge in [-0.3, -0.25) is 9.78 Å². The summed E-state index contributed by atoms with van der Waals surface area (Å²) >= 11 is 6.04. The number of carboxylic acids is 2. The van der Waals surface area contributed by atoms with Crippen LogP contribution in [0.25, 0.3) is 0 Å². The highest BCUT2D eigenvalue weighted by atomic mass is 35.5. The van der Waals surface area contributed by atoms with Gasteiger partial charge in [-0.05, 0) is 55.6 Å². The molecule has 1 fully saturated rings. The Labute approximate surface area is 209 Å². The summed E-state index contributed by atoms with van der Waals surface area (Å²) in [6.45, 7) is 2.86. The number of ether oxygens (including phenoxy) is 1. The number of carbonyl (C=O) groups is 3. The van der Waals surface area contributed by atoms with Gasteiger partial charge in [0.2, 0.25) is 5.91 Å². The second-order valence-corrected chi connectivity index (χ2v) is 8.38. The van der Waals surface area contributed by atoms with Crippen molar-refractivity contribution in [2.75, 3.05) is 19.6 Å². The number of nitrogens with zero attached hydrogens (tertiary/aromatic N) is 2. The Morgan fingerprint density at radius 3 is 2.23 bits per heavy atom. The van der Waals surface area contributed by atoms with E-state index in [2.05, 4.69) is 9.88 Å². The fourth-order valence-electron chi connectivity index (χ4n) is 3.57. The number of hydrogen-bond donors (Lipinski definition) is 3. The number of carbonyl (C=O) groups excluding carboxylic acids is 1. The Hall–Kier alpha value is -3.27. The number of hydrogen-bond acceptors (Lipinski definition) is 6. The molecule has 9 nitrogen and oxygen atoms in total. The third-order valence-corrected chi connectivity index (χ3v) is 5.51. The largest absolute Gasteiger partial charge is 0.478 e. The average Bonchev–Trinajstić information content (AvgIpc) is 2.83. The van der Waals surface area contributed by atoms with E-state index in [9.17, 15) is 14.4 Å². The first-order valence-corrected chi connectivity index (χ1v) is 11.6. The van der Waals surface area contributed by atoms with Gasteiger partial charge in [0.15, 0.2) is 0 Å². The van der Waals surface area contributed by atoms with Crippen LogP contribution in [0.5, 0.6) is 0 Å². The summed E-state index contributed by atoms with van der Waals surface area (Å²) in [5.41, 5.74) is 7.18. The normalized spacial score (nSPS) is 15.2. The van der Waals surface area contributed by atoms with Crippen molar-refractivity contribution in [3.05, 3.63) is 77.1 Å². The van der Waals surface area contributed by atoms with E-state index in [1.54, 1.807) is 6.20 Å². The number of halogens is 1. The number of amides is 1. The third kappa shape index (κ3) is 11.1. The van der Waals surface area contributed by atoms with Crippen LogP contribution in [0.2, 0.25) is 5.02 Å². The molecule has 10 heteroatoms. The van der Waals surface area contributed by atoms with Crippen molar-refractivity contribution < 1.29 is 29.3 Å². The topological polar surface area (TPSA) is 143 Å². The second kappa shape index (κ2) is 14.9. The smallest absolute Gasteiger partial charge is 0.328 e. The molecule has 188 valence electrons. The van der Waals surface area contributed by atoms with Crippen molar-refractivity contribution in [2.24, 2.45) is 5.73 Å². The molecule has 0 spiro atoms. The highest BCUT2D eigenvalue weighted by Crippen LogP contribution is 2.29. The monoisotopic (exact) mass is 503 g/mol. The summed E-state index contributed by atoms with van der Waals surface area (Å²) in [6.07, 6.45) is 6.10. The first-order chi connectivity index (χ1) is 16.7. The quantitative estimate of drug-likeness (QED) is 0.419. The van der Waals surface area contributed by atoms with Gasteiger partial charge >= 0.3 is 11.9 Å². The molecule has 0 bridgehead atoms. The first kappa shape index (κ1) is 28.0. The van der Waals surface area contributed by atoms with Crippen LogP contribution in [0.15, 0.2) is 60.8 Å². The van der Waals surface area contributed by atoms with Crippen LogP contribution in [0.3, 0.4) is 0 Å². The van der Waals surface area contributed by atoms with Crippen LogP contribution >= 0.6 is 11.6 Å². The summed E-state index contributed by atoms with van der Waals surface area (Å²) in [6, 6.07) is 13.7. The van der Waals surface area contributed by atoms with Crippen LogP contribution < -0.4 is 5.73 Å². The third-order valence-electron chi connectivity index (χ3n) is 5.26. The highest BCUT2D eigenvalue weighted by Gasteiger charge is 2.25. The zero-order chi connectivity index (χ0) is 25.6. The molecule has 0 saturated carbocycles. The first-order valence-electron chi connectivity index (χ1n) is 11.2. The van der Waals surface area contributed by atoms with Crippen LogP contribution in [-0.4, -0.2) is 63.7 Å². The zero-order valence-electron chi connectivity index (χ0n) is 19.3. The molecule has 1 saturated heterocycles. The fourth-order valence-corrected chi connectivity index (χ4v) is 3.69. The number of rotatable bonds is 10. The van der Waals surface area contributed by atoms with Gasteiger partial charge in [-0.1, -0.05) is 29.8 Å². The number of pyridine rings is 1. The van der Waals surface area contributed by atoms with Crippen LogP contribution in [0.4, 0.5) is 0 Å². The number of carboxylic acid groups (broad SMARTS) is 2. The summed E-state index contributed by atoms with van der Waals surface area (Å²) in [5.74, 6) is -2.74. The number of likely N-dealkylation sites (tertiary alicyclic amines) is 1. The van der Waals surface area contributed by atoms with E-state index in [1.807, 2.05) is 42.5 Å². The molecule has 1 amide bonds. The average molecular weight is 504 g/mol. The lowest BCUT2D eigenvalue weighted by Crippen LogP contribution is -2.38. The van der Waals surface area contributed by atoms with Gasteiger partial charge in [-0.2, -0.15) is 0 Å². The number of nitrogens with two attached hydrogens (primary N) is 1. The van der Waals surface area contributed by atoms with Gasteiger partial charge in [0, 0.05) is 42.9 Å². The van der Waals surface area contributed by atoms with Gasteiger partial charge in [-0.25, -0.2) is 9.59 Å². The van der Waals surface area contributed by atoms with Crippen molar-refractivity contribution in [2.45, 2.75) is 37.9 Å². The van der Waals surface area contributed by atoms with Crippen LogP contribution in [0.1, 0.15) is 43.0 Å². The number of primary amides is 1. The molecule has 1 aromatic carbocycles. The SMILES string of the molecule is NC(=O)CCCN1CCC(OC(c2ccc(Cl)cc2)c2ccccn2)CC1.O=C(O)/C=C\C(=O)O. The molecule has 1 aliphatic heterocycles. The van der Waals surface area contributed by atoms with E-state index < -0.39 is 11.9 Å². The molecular formula is C25H30ClN3O6. The van der Waals surface area contributed by atoms with Gasteiger partial charge in [0.05, 0.1) is 11.8 Å². The predicted molar refractivity (Wildman–Crippen MR) is 131 cm³/mol. The summed E-state index contributed by atoms with van der Waals surface area (Å²) < 4.78 is 6.49. The maximum Gasteiger partial charge on any atom is 0.328 e. The molecule has 1 aromatic heterocycles. The molecule has 0 aliphatic carbocycles. The fraction of sp³-hybridized carbons (Fsp3) is 0.360. The van der Waals surface area contributed by atoms with E-state index >= 15 is 0 Å². The minimum atomic E-state index is -1.26. The van der Waals surface area contributed by atoms with E-state index in [4.69, 9.17) is 32.3 Å². The highest BCUT2D eigenvalue weighted by molar-refractivity contribution is 6.30. The molecule has 1 aliphatic rings. The molecule has 1 atom stereocenters. The van der Waals surface area contributed by atoms with Gasteiger partial charge in [0.1, 0.15) is 6.10 Å². The Balaban J connectivity index is 0.000000466. The van der Waals surface area contributed by atoms with Crippen molar-refractivity contribution in [1.29, 1.82) is 0 Å². The van der Waals surface area contributed by atoms with Crippen molar-refractivity contribution in [3.8, 4) is 0 Å². The lowest BCUT2D eigenvalue weighted by Gasteiger charge is -2.34.